The molecule has 11 heteroatoms. The van der Waals surface area contributed by atoms with Crippen LogP contribution in [-0.4, -0.2) is 27.6 Å². The van der Waals surface area contributed by atoms with E-state index in [1.807, 2.05) is 0 Å². The van der Waals surface area contributed by atoms with Gasteiger partial charge in [-0.25, -0.2) is 4.79 Å². The Balaban J connectivity index is 1.63. The first-order chi connectivity index (χ1) is 15.7. The summed E-state index contributed by atoms with van der Waals surface area (Å²) in [5.74, 6) is -0.854. The van der Waals surface area contributed by atoms with Crippen LogP contribution in [0.25, 0.3) is 17.4 Å². The third kappa shape index (κ3) is 4.30. The zero-order chi connectivity index (χ0) is 23.9. The molecule has 0 fully saturated rings. The Morgan fingerprint density at radius 3 is 2.67 bits per heavy atom. The van der Waals surface area contributed by atoms with Gasteiger partial charge < -0.3 is 9.52 Å². The highest BCUT2D eigenvalue weighted by Crippen LogP contribution is 2.34. The maximum Gasteiger partial charge on any atom is 0.337 e. The number of nitrogens with zero attached hydrogens (tertiary/aromatic N) is 3. The molecule has 4 rings (SSSR count). The first-order valence-corrected chi connectivity index (χ1v) is 10.5. The molecule has 0 spiro atoms. The van der Waals surface area contributed by atoms with Gasteiger partial charge in [0.1, 0.15) is 11.5 Å². The molecule has 1 amide bonds. The topological polar surface area (TPSA) is 126 Å². The van der Waals surface area contributed by atoms with Gasteiger partial charge >= 0.3 is 5.97 Å². The van der Waals surface area contributed by atoms with Crippen molar-refractivity contribution in [3.8, 4) is 11.3 Å². The third-order valence-electron chi connectivity index (χ3n) is 4.83. The molecule has 0 bridgehead atoms. The molecule has 1 aromatic heterocycles. The van der Waals surface area contributed by atoms with Crippen LogP contribution in [0.15, 0.2) is 68.1 Å². The number of furan rings is 1. The minimum absolute atomic E-state index is 0.0508. The molecule has 0 saturated heterocycles. The molecule has 2 heterocycles. The van der Waals surface area contributed by atoms with Crippen molar-refractivity contribution >= 4 is 62.6 Å². The SMILES string of the molecule is CC1=NN(c2ccc(Cl)c(C(=O)O)c2)C(=O)/C1=C/c1ccc(-c2ccc([N+](=O)[O-])cc2Br)o1. The summed E-state index contributed by atoms with van der Waals surface area (Å²) in [7, 11) is 0. The second-order valence-corrected chi connectivity index (χ2v) is 8.21. The largest absolute Gasteiger partial charge is 0.478 e. The zero-order valence-corrected chi connectivity index (χ0v) is 19.1. The maximum atomic E-state index is 13.0. The zero-order valence-electron chi connectivity index (χ0n) is 16.8. The lowest BCUT2D eigenvalue weighted by molar-refractivity contribution is -0.384. The number of anilines is 1. The van der Waals surface area contributed by atoms with Crippen LogP contribution < -0.4 is 5.01 Å². The first-order valence-electron chi connectivity index (χ1n) is 9.34. The summed E-state index contributed by atoms with van der Waals surface area (Å²) in [5.41, 5.74) is 1.36. The van der Waals surface area contributed by atoms with Gasteiger partial charge in [-0.15, -0.1) is 0 Å². The highest BCUT2D eigenvalue weighted by Gasteiger charge is 2.30. The van der Waals surface area contributed by atoms with Crippen molar-refractivity contribution in [2.75, 3.05) is 5.01 Å². The normalized spacial score (nSPS) is 14.6. The molecule has 0 aliphatic carbocycles. The molecule has 1 N–H and O–H groups in total. The summed E-state index contributed by atoms with van der Waals surface area (Å²) < 4.78 is 6.31. The van der Waals surface area contributed by atoms with Crippen LogP contribution in [0.4, 0.5) is 11.4 Å². The predicted molar refractivity (Wildman–Crippen MR) is 125 cm³/mol. The molecule has 1 aliphatic heterocycles. The molecule has 2 aromatic carbocycles. The van der Waals surface area contributed by atoms with E-state index in [1.54, 1.807) is 25.1 Å². The number of hydrazone groups is 1. The van der Waals surface area contributed by atoms with E-state index < -0.39 is 16.8 Å². The molecule has 0 radical (unpaired) electrons. The number of aromatic carboxylic acids is 1. The number of carboxylic acids is 1. The smallest absolute Gasteiger partial charge is 0.337 e. The Morgan fingerprint density at radius 1 is 1.24 bits per heavy atom. The second kappa shape index (κ2) is 8.64. The number of hydrogen-bond acceptors (Lipinski definition) is 6. The highest BCUT2D eigenvalue weighted by molar-refractivity contribution is 9.10. The summed E-state index contributed by atoms with van der Waals surface area (Å²) >= 11 is 9.22. The number of carbonyl (C=O) groups excluding carboxylic acids is 1. The van der Waals surface area contributed by atoms with E-state index in [0.717, 1.165) is 5.01 Å². The Morgan fingerprint density at radius 2 is 2.00 bits per heavy atom. The van der Waals surface area contributed by atoms with Gasteiger partial charge in [0.2, 0.25) is 0 Å². The van der Waals surface area contributed by atoms with Crippen molar-refractivity contribution in [1.82, 2.24) is 0 Å². The fourth-order valence-corrected chi connectivity index (χ4v) is 3.96. The van der Waals surface area contributed by atoms with Crippen LogP contribution in [0.5, 0.6) is 0 Å². The van der Waals surface area contributed by atoms with Crippen molar-refractivity contribution in [3.05, 3.63) is 85.0 Å². The molecule has 0 saturated carbocycles. The lowest BCUT2D eigenvalue weighted by atomic mass is 10.1. The third-order valence-corrected chi connectivity index (χ3v) is 5.82. The first kappa shape index (κ1) is 22.4. The number of halogens is 2. The van der Waals surface area contributed by atoms with E-state index in [2.05, 4.69) is 21.0 Å². The lowest BCUT2D eigenvalue weighted by Crippen LogP contribution is -2.21. The second-order valence-electron chi connectivity index (χ2n) is 6.95. The molecule has 3 aromatic rings. The van der Waals surface area contributed by atoms with Crippen molar-refractivity contribution in [2.24, 2.45) is 5.10 Å². The van der Waals surface area contributed by atoms with E-state index in [-0.39, 0.29) is 27.5 Å². The van der Waals surface area contributed by atoms with E-state index >= 15 is 0 Å². The number of rotatable bonds is 5. The standard InChI is InChI=1S/C22H13BrClN3O6/c1-11-16(21(28)26(25-11)12-3-6-19(24)17(8-12)22(29)30)10-14-4-7-20(33-14)15-5-2-13(27(31)32)9-18(15)23/h2-10H,1H3,(H,29,30)/b16-10+. The lowest BCUT2D eigenvalue weighted by Gasteiger charge is -2.12. The molecule has 1 aliphatic rings. The number of nitro groups is 1. The predicted octanol–water partition coefficient (Wildman–Crippen LogP) is 5.78. The monoisotopic (exact) mass is 529 g/mol. The summed E-state index contributed by atoms with van der Waals surface area (Å²) in [6, 6.07) is 11.8. The van der Waals surface area contributed by atoms with Gasteiger partial charge in [0.25, 0.3) is 11.6 Å². The van der Waals surface area contributed by atoms with Crippen LogP contribution in [0.1, 0.15) is 23.0 Å². The minimum atomic E-state index is -1.22. The van der Waals surface area contributed by atoms with Gasteiger partial charge in [0.05, 0.1) is 32.5 Å². The number of nitro benzene ring substituents is 1. The number of non-ortho nitro benzene ring substituents is 1. The quantitative estimate of drug-likeness (QED) is 0.253. The Bertz CT molecular complexity index is 1390. The fourth-order valence-electron chi connectivity index (χ4n) is 3.20. The summed E-state index contributed by atoms with van der Waals surface area (Å²) in [5, 5.41) is 25.6. The van der Waals surface area contributed by atoms with Crippen molar-refractivity contribution in [3.63, 3.8) is 0 Å². The van der Waals surface area contributed by atoms with Crippen LogP contribution in [0.3, 0.4) is 0 Å². The number of hydrogen-bond donors (Lipinski definition) is 1. The average molecular weight is 531 g/mol. The summed E-state index contributed by atoms with van der Waals surface area (Å²) in [4.78, 5) is 34.8. The Hall–Kier alpha value is -3.76. The van der Waals surface area contributed by atoms with E-state index in [0.29, 0.717) is 27.3 Å². The molecule has 166 valence electrons. The van der Waals surface area contributed by atoms with Gasteiger partial charge in [-0.05, 0) is 65.3 Å². The van der Waals surface area contributed by atoms with Gasteiger partial charge in [0, 0.05) is 22.2 Å². The Kier molecular flexibility index (Phi) is 5.88. The van der Waals surface area contributed by atoms with Crippen molar-refractivity contribution < 1.29 is 24.0 Å². The van der Waals surface area contributed by atoms with Gasteiger partial charge in [-0.1, -0.05) is 11.6 Å². The summed E-state index contributed by atoms with van der Waals surface area (Å²) in [6.45, 7) is 1.65. The van der Waals surface area contributed by atoms with Crippen molar-refractivity contribution in [2.45, 2.75) is 6.92 Å². The van der Waals surface area contributed by atoms with E-state index in [1.165, 1.54) is 36.4 Å². The number of benzene rings is 2. The van der Waals surface area contributed by atoms with Crippen LogP contribution >= 0.6 is 27.5 Å². The van der Waals surface area contributed by atoms with Crippen LogP contribution in [0, 0.1) is 10.1 Å². The molecule has 9 nitrogen and oxygen atoms in total. The number of carbonyl (C=O) groups is 2. The minimum Gasteiger partial charge on any atom is -0.478 e. The van der Waals surface area contributed by atoms with E-state index in [4.69, 9.17) is 16.0 Å². The van der Waals surface area contributed by atoms with Gasteiger partial charge in [-0.3, -0.25) is 14.9 Å². The maximum absolute atomic E-state index is 13.0. The highest BCUT2D eigenvalue weighted by atomic mass is 79.9. The van der Waals surface area contributed by atoms with Gasteiger partial charge in [0.15, 0.2) is 0 Å². The molecule has 0 unspecified atom stereocenters. The molecular weight excluding hydrogens is 518 g/mol. The molecule has 0 atom stereocenters. The Labute approximate surface area is 199 Å². The van der Waals surface area contributed by atoms with Crippen molar-refractivity contribution in [1.29, 1.82) is 0 Å². The molecular formula is C22H13BrClN3O6. The van der Waals surface area contributed by atoms with Crippen LogP contribution in [-0.2, 0) is 4.79 Å². The average Bonchev–Trinajstić information content (AvgIpc) is 3.34. The summed E-state index contributed by atoms with van der Waals surface area (Å²) in [6.07, 6.45) is 1.53. The number of amides is 1. The van der Waals surface area contributed by atoms with Gasteiger partial charge in [-0.2, -0.15) is 10.1 Å². The van der Waals surface area contributed by atoms with Crippen LogP contribution in [0.2, 0.25) is 5.02 Å². The molecule has 33 heavy (non-hydrogen) atoms. The number of carboxylic acid groups (broad SMARTS) is 1. The van der Waals surface area contributed by atoms with E-state index in [9.17, 15) is 24.8 Å². The fraction of sp³-hybridized carbons (Fsp3) is 0.0455.